The number of ether oxygens (including phenoxy) is 2. The maximum atomic E-state index is 12.0. The zero-order valence-electron chi connectivity index (χ0n) is 17.8. The van der Waals surface area contributed by atoms with Crippen molar-refractivity contribution in [3.8, 4) is 0 Å². The second kappa shape index (κ2) is 16.1. The van der Waals surface area contributed by atoms with E-state index in [4.69, 9.17) is 9.47 Å². The molecule has 0 aliphatic rings. The van der Waals surface area contributed by atoms with Crippen LogP contribution >= 0.6 is 0 Å². The van der Waals surface area contributed by atoms with E-state index < -0.39 is 0 Å². The Hall–Kier alpha value is -1.84. The Labute approximate surface area is 171 Å². The first-order valence-electron chi connectivity index (χ1n) is 11.1. The van der Waals surface area contributed by atoms with Gasteiger partial charge in [0.2, 0.25) is 0 Å². The van der Waals surface area contributed by atoms with Crippen molar-refractivity contribution in [2.75, 3.05) is 6.61 Å². The van der Waals surface area contributed by atoms with Gasteiger partial charge >= 0.3 is 11.9 Å². The van der Waals surface area contributed by atoms with Gasteiger partial charge in [0.1, 0.15) is 6.10 Å². The van der Waals surface area contributed by atoms with Crippen molar-refractivity contribution in [2.24, 2.45) is 0 Å². The molecule has 0 fully saturated rings. The van der Waals surface area contributed by atoms with Crippen LogP contribution in [0.25, 0.3) is 0 Å². The van der Waals surface area contributed by atoms with E-state index in [0.29, 0.717) is 19.4 Å². The molecule has 0 saturated carbocycles. The summed E-state index contributed by atoms with van der Waals surface area (Å²) in [5, 5.41) is 0. The average molecular weight is 391 g/mol. The number of hydrogen-bond acceptors (Lipinski definition) is 4. The van der Waals surface area contributed by atoms with Crippen LogP contribution in [0.5, 0.6) is 0 Å². The van der Waals surface area contributed by atoms with Crippen molar-refractivity contribution in [1.82, 2.24) is 0 Å². The molecule has 1 aromatic carbocycles. The van der Waals surface area contributed by atoms with Crippen LogP contribution in [0.1, 0.15) is 103 Å². The van der Waals surface area contributed by atoms with E-state index in [2.05, 4.69) is 6.92 Å². The summed E-state index contributed by atoms with van der Waals surface area (Å²) in [5.41, 5.74) is 1.06. The number of carbonyl (C=O) groups is 2. The molecule has 1 atom stereocenters. The Balaban J connectivity index is 1.99. The molecule has 0 bridgehead atoms. The van der Waals surface area contributed by atoms with E-state index in [9.17, 15) is 9.59 Å². The SMILES string of the molecule is CCCCCOC(=O)CCCCCCCCC(=O)OC(CC)c1ccccc1. The molecule has 0 saturated heterocycles. The molecular weight excluding hydrogens is 352 g/mol. The summed E-state index contributed by atoms with van der Waals surface area (Å²) in [6.45, 7) is 4.73. The number of rotatable bonds is 16. The smallest absolute Gasteiger partial charge is 0.306 e. The van der Waals surface area contributed by atoms with Crippen LogP contribution in [0, 0.1) is 0 Å². The highest BCUT2D eigenvalue weighted by Crippen LogP contribution is 2.21. The molecule has 0 N–H and O–H groups in total. The Morgan fingerprint density at radius 1 is 0.786 bits per heavy atom. The fourth-order valence-corrected chi connectivity index (χ4v) is 3.13. The van der Waals surface area contributed by atoms with Crippen LogP contribution in [-0.4, -0.2) is 18.5 Å². The summed E-state index contributed by atoms with van der Waals surface area (Å²) in [4.78, 5) is 23.6. The van der Waals surface area contributed by atoms with Crippen molar-refractivity contribution in [2.45, 2.75) is 97.0 Å². The van der Waals surface area contributed by atoms with E-state index in [-0.39, 0.29) is 18.0 Å². The van der Waals surface area contributed by atoms with Gasteiger partial charge in [-0.3, -0.25) is 9.59 Å². The van der Waals surface area contributed by atoms with E-state index in [1.165, 1.54) is 0 Å². The van der Waals surface area contributed by atoms with Gasteiger partial charge in [0, 0.05) is 12.8 Å². The Morgan fingerprint density at radius 2 is 1.39 bits per heavy atom. The third-order valence-corrected chi connectivity index (χ3v) is 4.84. The van der Waals surface area contributed by atoms with Gasteiger partial charge < -0.3 is 9.47 Å². The number of esters is 2. The van der Waals surface area contributed by atoms with Crippen molar-refractivity contribution in [1.29, 1.82) is 0 Å². The third-order valence-electron chi connectivity index (χ3n) is 4.84. The lowest BCUT2D eigenvalue weighted by Gasteiger charge is -2.16. The van der Waals surface area contributed by atoms with Gasteiger partial charge in [0.05, 0.1) is 6.61 Å². The maximum Gasteiger partial charge on any atom is 0.306 e. The third kappa shape index (κ3) is 11.8. The molecule has 0 radical (unpaired) electrons. The average Bonchev–Trinajstić information content (AvgIpc) is 2.72. The quantitative estimate of drug-likeness (QED) is 0.238. The van der Waals surface area contributed by atoms with Gasteiger partial charge in [-0.2, -0.15) is 0 Å². The lowest BCUT2D eigenvalue weighted by atomic mass is 10.1. The lowest BCUT2D eigenvalue weighted by Crippen LogP contribution is -2.10. The van der Waals surface area contributed by atoms with Crippen LogP contribution in [0.2, 0.25) is 0 Å². The van der Waals surface area contributed by atoms with E-state index in [0.717, 1.165) is 69.8 Å². The molecule has 0 aliphatic heterocycles. The molecule has 1 aromatic rings. The largest absolute Gasteiger partial charge is 0.466 e. The predicted octanol–water partition coefficient (Wildman–Crippen LogP) is 6.54. The van der Waals surface area contributed by atoms with E-state index >= 15 is 0 Å². The molecule has 0 heterocycles. The predicted molar refractivity (Wildman–Crippen MR) is 113 cm³/mol. The van der Waals surface area contributed by atoms with Gasteiger partial charge in [-0.15, -0.1) is 0 Å². The van der Waals surface area contributed by atoms with Gasteiger partial charge in [0.15, 0.2) is 0 Å². The number of carbonyl (C=O) groups excluding carboxylic acids is 2. The molecule has 28 heavy (non-hydrogen) atoms. The normalized spacial score (nSPS) is 11.8. The van der Waals surface area contributed by atoms with Crippen molar-refractivity contribution >= 4 is 11.9 Å². The van der Waals surface area contributed by atoms with Crippen LogP contribution in [-0.2, 0) is 19.1 Å². The Morgan fingerprint density at radius 3 is 2.00 bits per heavy atom. The summed E-state index contributed by atoms with van der Waals surface area (Å²) < 4.78 is 10.8. The van der Waals surface area contributed by atoms with Crippen LogP contribution in [0.15, 0.2) is 30.3 Å². The second-order valence-corrected chi connectivity index (χ2v) is 7.35. The molecule has 0 aromatic heterocycles. The summed E-state index contributed by atoms with van der Waals surface area (Å²) >= 11 is 0. The minimum absolute atomic E-state index is 0.0669. The fraction of sp³-hybridized carbons (Fsp3) is 0.667. The molecule has 4 heteroatoms. The molecular formula is C24H38O4. The number of unbranched alkanes of at least 4 members (excludes halogenated alkanes) is 7. The first kappa shape index (κ1) is 24.2. The van der Waals surface area contributed by atoms with Crippen molar-refractivity contribution < 1.29 is 19.1 Å². The van der Waals surface area contributed by atoms with E-state index in [1.807, 2.05) is 37.3 Å². The van der Waals surface area contributed by atoms with Gasteiger partial charge in [-0.05, 0) is 31.2 Å². The number of benzene rings is 1. The first-order chi connectivity index (χ1) is 13.7. The second-order valence-electron chi connectivity index (χ2n) is 7.35. The number of hydrogen-bond donors (Lipinski definition) is 0. The standard InChI is InChI=1S/C24H38O4/c1-3-5-15-20-27-23(25)18-13-8-6-7-9-14-19-24(26)28-22(4-2)21-16-11-10-12-17-21/h10-12,16-17,22H,3-9,13-15,18-20H2,1-2H3. The summed E-state index contributed by atoms with van der Waals surface area (Å²) in [7, 11) is 0. The minimum atomic E-state index is -0.143. The molecule has 4 nitrogen and oxygen atoms in total. The van der Waals surface area contributed by atoms with Crippen molar-refractivity contribution in [3.63, 3.8) is 0 Å². The highest BCUT2D eigenvalue weighted by atomic mass is 16.5. The Kier molecular flexibility index (Phi) is 14.0. The fourth-order valence-electron chi connectivity index (χ4n) is 3.13. The molecule has 0 aliphatic carbocycles. The van der Waals surface area contributed by atoms with Gasteiger partial charge in [-0.1, -0.05) is 82.7 Å². The van der Waals surface area contributed by atoms with Crippen LogP contribution in [0.3, 0.4) is 0 Å². The zero-order chi connectivity index (χ0) is 20.5. The van der Waals surface area contributed by atoms with Crippen molar-refractivity contribution in [3.05, 3.63) is 35.9 Å². The molecule has 0 spiro atoms. The topological polar surface area (TPSA) is 52.6 Å². The van der Waals surface area contributed by atoms with Crippen LogP contribution in [0.4, 0.5) is 0 Å². The van der Waals surface area contributed by atoms with E-state index in [1.54, 1.807) is 0 Å². The van der Waals surface area contributed by atoms with Gasteiger partial charge in [-0.25, -0.2) is 0 Å². The highest BCUT2D eigenvalue weighted by molar-refractivity contribution is 5.69. The van der Waals surface area contributed by atoms with Gasteiger partial charge in [0.25, 0.3) is 0 Å². The summed E-state index contributed by atoms with van der Waals surface area (Å²) in [6, 6.07) is 9.91. The molecule has 1 unspecified atom stereocenters. The summed E-state index contributed by atoms with van der Waals surface area (Å²) in [5.74, 6) is -0.177. The Bertz CT molecular complexity index is 527. The maximum absolute atomic E-state index is 12.0. The first-order valence-corrected chi connectivity index (χ1v) is 11.1. The minimum Gasteiger partial charge on any atom is -0.466 e. The summed E-state index contributed by atoms with van der Waals surface area (Å²) in [6.07, 6.45) is 10.9. The monoisotopic (exact) mass is 390 g/mol. The molecule has 158 valence electrons. The van der Waals surface area contributed by atoms with Crippen LogP contribution < -0.4 is 0 Å². The molecule has 1 rings (SSSR count). The highest BCUT2D eigenvalue weighted by Gasteiger charge is 2.14. The zero-order valence-corrected chi connectivity index (χ0v) is 17.8. The molecule has 0 amide bonds. The lowest BCUT2D eigenvalue weighted by molar-refractivity contribution is -0.150.